The minimum absolute atomic E-state index is 0.246. The first kappa shape index (κ1) is 27.1. The Morgan fingerprint density at radius 2 is 1.68 bits per heavy atom. The van der Waals surface area contributed by atoms with Crippen molar-refractivity contribution in [2.75, 3.05) is 6.54 Å². The van der Waals surface area contributed by atoms with Crippen LogP contribution in [0.1, 0.15) is 61.2 Å². The summed E-state index contributed by atoms with van der Waals surface area (Å²) < 4.78 is 3.54. The lowest BCUT2D eigenvalue weighted by atomic mass is 10.0. The molecule has 5 N–H and O–H groups in total. The number of carbonyl (C=O) groups is 1. The number of aliphatic hydroxyl groups is 1. The molecule has 200 valence electrons. The molecule has 0 radical (unpaired) electrons. The molecule has 38 heavy (non-hydrogen) atoms. The van der Waals surface area contributed by atoms with Crippen molar-refractivity contribution in [3.63, 3.8) is 0 Å². The third-order valence-corrected chi connectivity index (χ3v) is 6.29. The highest BCUT2D eigenvalue weighted by molar-refractivity contribution is 5.92. The van der Waals surface area contributed by atoms with Crippen molar-refractivity contribution in [2.24, 2.45) is 5.73 Å². The topological polar surface area (TPSA) is 157 Å². The second-order valence-electron chi connectivity index (χ2n) is 9.75. The van der Waals surface area contributed by atoms with E-state index >= 15 is 0 Å². The summed E-state index contributed by atoms with van der Waals surface area (Å²) in [5.41, 5.74) is 11.1. The van der Waals surface area contributed by atoms with Crippen LogP contribution in [0.3, 0.4) is 0 Å². The van der Waals surface area contributed by atoms with Gasteiger partial charge in [0.05, 0.1) is 0 Å². The summed E-state index contributed by atoms with van der Waals surface area (Å²) in [6.45, 7) is 6.73. The maximum Gasteiger partial charge on any atom is 0.267 e. The summed E-state index contributed by atoms with van der Waals surface area (Å²) in [7, 11) is 0. The number of nitrogens with two attached hydrogens (primary N) is 1. The van der Waals surface area contributed by atoms with Gasteiger partial charge in [-0.3, -0.25) is 4.79 Å². The lowest BCUT2D eigenvalue weighted by molar-refractivity contribution is 0.0711. The summed E-state index contributed by atoms with van der Waals surface area (Å²) in [6.07, 6.45) is 2.21. The van der Waals surface area contributed by atoms with E-state index in [9.17, 15) is 9.90 Å². The number of rotatable bonds is 12. The van der Waals surface area contributed by atoms with Gasteiger partial charge in [0, 0.05) is 31.6 Å². The van der Waals surface area contributed by atoms with Crippen molar-refractivity contribution in [1.29, 1.82) is 0 Å². The molecule has 11 nitrogen and oxygen atoms in total. The van der Waals surface area contributed by atoms with Crippen LogP contribution in [0.25, 0.3) is 22.5 Å². The van der Waals surface area contributed by atoms with Crippen molar-refractivity contribution < 1.29 is 15.1 Å². The van der Waals surface area contributed by atoms with Crippen molar-refractivity contribution >= 4 is 5.91 Å². The van der Waals surface area contributed by atoms with Gasteiger partial charge in [0.2, 0.25) is 0 Å². The number of primary amides is 1. The smallest absolute Gasteiger partial charge is 0.267 e. The number of nitrogens with one attached hydrogen (secondary N) is 1. The molecule has 0 aliphatic heterocycles. The zero-order valence-corrected chi connectivity index (χ0v) is 21.9. The number of hydroxylamine groups is 1. The molecule has 0 unspecified atom stereocenters. The second-order valence-corrected chi connectivity index (χ2v) is 9.75. The molecule has 4 rings (SSSR count). The number of hydrogen-bond donors (Lipinski definition) is 4. The highest BCUT2D eigenvalue weighted by Gasteiger charge is 2.30. The molecular formula is C27H34N8O3. The highest BCUT2D eigenvalue weighted by Crippen LogP contribution is 2.27. The van der Waals surface area contributed by atoms with Crippen LogP contribution in [-0.2, 0) is 25.1 Å². The van der Waals surface area contributed by atoms with Crippen LogP contribution >= 0.6 is 0 Å². The highest BCUT2D eigenvalue weighted by atomic mass is 16.5. The number of benzene rings is 2. The number of hydrogen-bond acceptors (Lipinski definition) is 8. The molecule has 0 saturated carbocycles. The van der Waals surface area contributed by atoms with E-state index in [2.05, 4.69) is 26.0 Å². The van der Waals surface area contributed by atoms with E-state index in [0.717, 1.165) is 34.5 Å². The van der Waals surface area contributed by atoms with Gasteiger partial charge in [0.25, 0.3) is 5.91 Å². The quantitative estimate of drug-likeness (QED) is 0.165. The van der Waals surface area contributed by atoms with Gasteiger partial charge in [0.15, 0.2) is 5.82 Å². The van der Waals surface area contributed by atoms with Gasteiger partial charge in [-0.25, -0.2) is 15.1 Å². The SMILES string of the molecule is CCCc1nc(C(C)(C)O)c(C(N)=O)n1Cc1ccc(-c2ccc(-c3nnnn3CCCNO)cc2)cc1. The maximum atomic E-state index is 12.4. The minimum Gasteiger partial charge on any atom is -0.384 e. The van der Waals surface area contributed by atoms with Crippen LogP contribution in [0, 0.1) is 0 Å². The van der Waals surface area contributed by atoms with Gasteiger partial charge in [-0.1, -0.05) is 55.5 Å². The fourth-order valence-corrected chi connectivity index (χ4v) is 4.43. The Kier molecular flexibility index (Phi) is 8.30. The molecule has 0 spiro atoms. The average Bonchev–Trinajstić information content (AvgIpc) is 3.50. The fourth-order valence-electron chi connectivity index (χ4n) is 4.43. The Hall–Kier alpha value is -3.93. The first-order valence-electron chi connectivity index (χ1n) is 12.7. The molecular weight excluding hydrogens is 484 g/mol. The number of nitrogens with zero attached hydrogens (tertiary/aromatic N) is 6. The van der Waals surface area contributed by atoms with Crippen molar-refractivity contribution in [2.45, 2.75) is 58.7 Å². The van der Waals surface area contributed by atoms with Gasteiger partial charge in [-0.15, -0.1) is 5.10 Å². The van der Waals surface area contributed by atoms with Crippen LogP contribution in [0.5, 0.6) is 0 Å². The van der Waals surface area contributed by atoms with Crippen LogP contribution < -0.4 is 11.2 Å². The zero-order valence-electron chi connectivity index (χ0n) is 21.9. The Bertz CT molecular complexity index is 1370. The van der Waals surface area contributed by atoms with Crippen LogP contribution in [0.2, 0.25) is 0 Å². The van der Waals surface area contributed by atoms with Gasteiger partial charge in [-0.05, 0) is 53.8 Å². The van der Waals surface area contributed by atoms with Gasteiger partial charge in [-0.2, -0.15) is 0 Å². The standard InChI is InChI=1S/C27H34N8O3/c1-4-6-22-30-24(27(2,3)37)23(25(28)36)34(22)17-18-7-9-19(10-8-18)20-11-13-21(14-12-20)26-31-32-33-35(26)16-5-15-29-38/h7-14,29,37-38H,4-6,15-17H2,1-3H3,(H2,28,36). The van der Waals surface area contributed by atoms with Crippen molar-refractivity contribution in [3.8, 4) is 22.5 Å². The fraction of sp³-hybridized carbons (Fsp3) is 0.370. The molecule has 0 fully saturated rings. The van der Waals surface area contributed by atoms with Gasteiger partial charge in [0.1, 0.15) is 22.8 Å². The molecule has 11 heteroatoms. The third kappa shape index (κ3) is 5.96. The molecule has 0 atom stereocenters. The molecule has 0 bridgehead atoms. The number of aromatic nitrogens is 6. The summed E-state index contributed by atoms with van der Waals surface area (Å²) in [4.78, 5) is 17.0. The van der Waals surface area contributed by atoms with E-state index in [4.69, 9.17) is 10.9 Å². The van der Waals surface area contributed by atoms with Crippen LogP contribution in [0.15, 0.2) is 48.5 Å². The molecule has 1 amide bonds. The Balaban J connectivity index is 1.55. The van der Waals surface area contributed by atoms with E-state index in [0.29, 0.717) is 44.0 Å². The van der Waals surface area contributed by atoms with E-state index in [1.807, 2.05) is 60.0 Å². The summed E-state index contributed by atoms with van der Waals surface area (Å²) in [6, 6.07) is 16.1. The van der Waals surface area contributed by atoms with E-state index in [1.54, 1.807) is 18.5 Å². The van der Waals surface area contributed by atoms with Crippen LogP contribution in [0.4, 0.5) is 0 Å². The normalized spacial score (nSPS) is 11.7. The predicted octanol–water partition coefficient (Wildman–Crippen LogP) is 2.90. The lowest BCUT2D eigenvalue weighted by Crippen LogP contribution is -2.25. The monoisotopic (exact) mass is 518 g/mol. The number of carbonyl (C=O) groups excluding carboxylic acids is 1. The second kappa shape index (κ2) is 11.6. The molecule has 0 saturated heterocycles. The number of amides is 1. The summed E-state index contributed by atoms with van der Waals surface area (Å²) in [5, 5.41) is 31.3. The first-order valence-corrected chi connectivity index (χ1v) is 12.7. The number of aryl methyl sites for hydroxylation is 2. The molecule has 2 aromatic carbocycles. The largest absolute Gasteiger partial charge is 0.384 e. The molecule has 2 heterocycles. The third-order valence-electron chi connectivity index (χ3n) is 6.29. The average molecular weight is 519 g/mol. The molecule has 2 aromatic heterocycles. The Morgan fingerprint density at radius 3 is 2.26 bits per heavy atom. The van der Waals surface area contributed by atoms with Crippen molar-refractivity contribution in [1.82, 2.24) is 35.2 Å². The van der Waals surface area contributed by atoms with Crippen LogP contribution in [-0.4, -0.2) is 52.5 Å². The number of imidazole rings is 1. The number of tetrazole rings is 1. The van der Waals surface area contributed by atoms with E-state index in [-0.39, 0.29) is 5.69 Å². The maximum absolute atomic E-state index is 12.4. The summed E-state index contributed by atoms with van der Waals surface area (Å²) >= 11 is 0. The Morgan fingerprint density at radius 1 is 1.05 bits per heavy atom. The van der Waals surface area contributed by atoms with Crippen molar-refractivity contribution in [3.05, 3.63) is 71.3 Å². The lowest BCUT2D eigenvalue weighted by Gasteiger charge is -2.16. The molecule has 4 aromatic rings. The first-order chi connectivity index (χ1) is 18.2. The van der Waals surface area contributed by atoms with Gasteiger partial charge >= 0.3 is 0 Å². The van der Waals surface area contributed by atoms with E-state index < -0.39 is 11.5 Å². The zero-order chi connectivity index (χ0) is 27.3. The molecule has 0 aliphatic rings. The van der Waals surface area contributed by atoms with Gasteiger partial charge < -0.3 is 20.6 Å². The van der Waals surface area contributed by atoms with E-state index in [1.165, 1.54) is 0 Å². The predicted molar refractivity (Wildman–Crippen MR) is 142 cm³/mol. The minimum atomic E-state index is -1.28. The molecule has 0 aliphatic carbocycles. The Labute approximate surface area is 221 Å². The summed E-state index contributed by atoms with van der Waals surface area (Å²) in [5.74, 6) is 0.793.